The van der Waals surface area contributed by atoms with E-state index in [0.717, 1.165) is 24.9 Å². The van der Waals surface area contributed by atoms with Crippen molar-refractivity contribution >= 4 is 29.9 Å². The molecule has 1 atom stereocenters. The topological polar surface area (TPSA) is 84.2 Å². The molecule has 6 heteroatoms. The second-order valence-electron chi connectivity index (χ2n) is 7.58. The van der Waals surface area contributed by atoms with E-state index in [9.17, 15) is 9.59 Å². The van der Waals surface area contributed by atoms with Gasteiger partial charge in [-0.05, 0) is 48.9 Å². The van der Waals surface area contributed by atoms with Gasteiger partial charge in [0.2, 0.25) is 11.8 Å². The van der Waals surface area contributed by atoms with Crippen LogP contribution in [-0.2, 0) is 16.0 Å². The van der Waals surface area contributed by atoms with E-state index in [4.69, 9.17) is 5.73 Å². The molecular formula is C19H30ClN3O2. The first-order valence-electron chi connectivity index (χ1n) is 8.73. The minimum absolute atomic E-state index is 0. The monoisotopic (exact) mass is 367 g/mol. The summed E-state index contributed by atoms with van der Waals surface area (Å²) in [7, 11) is 0. The van der Waals surface area contributed by atoms with Crippen molar-refractivity contribution in [3.05, 3.63) is 29.3 Å². The zero-order chi connectivity index (χ0) is 17.7. The van der Waals surface area contributed by atoms with Gasteiger partial charge in [0.1, 0.15) is 0 Å². The summed E-state index contributed by atoms with van der Waals surface area (Å²) in [5.74, 6) is 0.0522. The quantitative estimate of drug-likeness (QED) is 0.552. The number of hydrogen-bond acceptors (Lipinski definition) is 3. The molecule has 1 unspecified atom stereocenters. The fraction of sp³-hybridized carbons (Fsp3) is 0.579. The van der Waals surface area contributed by atoms with Gasteiger partial charge in [-0.15, -0.1) is 12.4 Å². The maximum atomic E-state index is 12.2. The van der Waals surface area contributed by atoms with E-state index in [1.54, 1.807) is 0 Å². The molecule has 5 nitrogen and oxygen atoms in total. The summed E-state index contributed by atoms with van der Waals surface area (Å²) in [6.45, 7) is 6.16. The lowest BCUT2D eigenvalue weighted by Gasteiger charge is -2.26. The second-order valence-corrected chi connectivity index (χ2v) is 7.58. The molecule has 0 radical (unpaired) electrons. The van der Waals surface area contributed by atoms with Crippen LogP contribution < -0.4 is 16.4 Å². The molecule has 0 spiro atoms. The van der Waals surface area contributed by atoms with Crippen molar-refractivity contribution in [1.29, 1.82) is 0 Å². The highest BCUT2D eigenvalue weighted by molar-refractivity contribution is 5.85. The predicted molar refractivity (Wildman–Crippen MR) is 104 cm³/mol. The number of amides is 2. The highest BCUT2D eigenvalue weighted by Gasteiger charge is 2.22. The van der Waals surface area contributed by atoms with E-state index in [-0.39, 0.29) is 30.3 Å². The van der Waals surface area contributed by atoms with E-state index in [2.05, 4.69) is 10.6 Å². The Morgan fingerprint density at radius 1 is 1.28 bits per heavy atom. The highest BCUT2D eigenvalue weighted by atomic mass is 35.5. The maximum absolute atomic E-state index is 12.2. The third-order valence-electron chi connectivity index (χ3n) is 4.36. The molecule has 0 fully saturated rings. The van der Waals surface area contributed by atoms with Gasteiger partial charge in [0, 0.05) is 24.1 Å². The molecule has 0 saturated carbocycles. The average molecular weight is 368 g/mol. The van der Waals surface area contributed by atoms with Crippen LogP contribution in [0.25, 0.3) is 0 Å². The Balaban J connectivity index is 0.00000312. The molecular weight excluding hydrogens is 338 g/mol. The van der Waals surface area contributed by atoms with E-state index in [0.29, 0.717) is 19.4 Å². The normalized spacial score (nSPS) is 16.4. The minimum atomic E-state index is -0.393. The van der Waals surface area contributed by atoms with Crippen LogP contribution in [0.3, 0.4) is 0 Å². The van der Waals surface area contributed by atoms with Gasteiger partial charge in [-0.25, -0.2) is 0 Å². The van der Waals surface area contributed by atoms with Gasteiger partial charge in [0.25, 0.3) is 0 Å². The lowest BCUT2D eigenvalue weighted by atomic mass is 9.87. The molecule has 1 aromatic rings. The molecule has 1 aliphatic carbocycles. The number of carbonyl (C=O) groups excluding carboxylic acids is 2. The number of benzene rings is 1. The third-order valence-corrected chi connectivity index (χ3v) is 4.36. The Hall–Kier alpha value is -1.75. The number of nitrogens with one attached hydrogen (secondary N) is 2. The summed E-state index contributed by atoms with van der Waals surface area (Å²) in [5.41, 5.74) is 8.65. The van der Waals surface area contributed by atoms with Crippen LogP contribution in [0.15, 0.2) is 18.2 Å². The van der Waals surface area contributed by atoms with Crippen LogP contribution >= 0.6 is 12.4 Å². The fourth-order valence-corrected chi connectivity index (χ4v) is 2.97. The Kier molecular flexibility index (Phi) is 7.74. The largest absolute Gasteiger partial charge is 0.399 e. The maximum Gasteiger partial charge on any atom is 0.225 e. The van der Waals surface area contributed by atoms with Crippen molar-refractivity contribution in [2.24, 2.45) is 5.41 Å². The molecule has 0 bridgehead atoms. The van der Waals surface area contributed by atoms with Gasteiger partial charge in [0.05, 0.1) is 6.04 Å². The summed E-state index contributed by atoms with van der Waals surface area (Å²) in [4.78, 5) is 24.0. The van der Waals surface area contributed by atoms with Crippen LogP contribution in [0.4, 0.5) is 5.69 Å². The average Bonchev–Trinajstić information content (AvgIpc) is 2.50. The second kappa shape index (κ2) is 9.09. The van der Waals surface area contributed by atoms with Crippen LogP contribution in [0.2, 0.25) is 0 Å². The first-order chi connectivity index (χ1) is 11.3. The Morgan fingerprint density at radius 3 is 2.68 bits per heavy atom. The van der Waals surface area contributed by atoms with Gasteiger partial charge in [0.15, 0.2) is 0 Å². The molecule has 4 N–H and O–H groups in total. The number of aryl methyl sites for hydroxylation is 1. The highest BCUT2D eigenvalue weighted by Crippen LogP contribution is 2.31. The van der Waals surface area contributed by atoms with Crippen LogP contribution in [-0.4, -0.2) is 18.4 Å². The van der Waals surface area contributed by atoms with Gasteiger partial charge >= 0.3 is 0 Å². The number of fused-ring (bicyclic) bond motifs is 1. The Bertz CT molecular complexity index is 611. The third kappa shape index (κ3) is 6.24. The molecule has 1 aliphatic rings. The summed E-state index contributed by atoms with van der Waals surface area (Å²) in [6, 6.07) is 6.00. The summed E-state index contributed by atoms with van der Waals surface area (Å²) >= 11 is 0. The number of carbonyl (C=O) groups is 2. The van der Waals surface area contributed by atoms with Crippen LogP contribution in [0.1, 0.15) is 63.6 Å². The minimum Gasteiger partial charge on any atom is -0.399 e. The summed E-state index contributed by atoms with van der Waals surface area (Å²) in [5, 5.41) is 5.99. The van der Waals surface area contributed by atoms with Crippen molar-refractivity contribution in [1.82, 2.24) is 10.6 Å². The number of anilines is 1. The SMILES string of the molecule is CC(C)(C)C(=O)NCCCC(=O)NC1CCCc2cc(N)ccc21.Cl. The number of nitrogens with two attached hydrogens (primary N) is 1. The lowest BCUT2D eigenvalue weighted by molar-refractivity contribution is -0.128. The molecule has 25 heavy (non-hydrogen) atoms. The number of nitrogen functional groups attached to an aromatic ring is 1. The smallest absolute Gasteiger partial charge is 0.225 e. The van der Waals surface area contributed by atoms with E-state index in [1.807, 2.05) is 39.0 Å². The number of rotatable bonds is 5. The van der Waals surface area contributed by atoms with Gasteiger partial charge in [-0.2, -0.15) is 0 Å². The van der Waals surface area contributed by atoms with Gasteiger partial charge < -0.3 is 16.4 Å². The molecule has 0 saturated heterocycles. The first-order valence-corrected chi connectivity index (χ1v) is 8.73. The van der Waals surface area contributed by atoms with Gasteiger partial charge in [-0.1, -0.05) is 26.8 Å². The van der Waals surface area contributed by atoms with Crippen molar-refractivity contribution in [3.8, 4) is 0 Å². The fourth-order valence-electron chi connectivity index (χ4n) is 2.97. The number of hydrogen-bond donors (Lipinski definition) is 3. The summed E-state index contributed by atoms with van der Waals surface area (Å²) in [6.07, 6.45) is 4.11. The van der Waals surface area contributed by atoms with Gasteiger partial charge in [-0.3, -0.25) is 9.59 Å². The molecule has 0 aliphatic heterocycles. The van der Waals surface area contributed by atoms with Crippen molar-refractivity contribution < 1.29 is 9.59 Å². The molecule has 2 amide bonds. The molecule has 1 aromatic carbocycles. The van der Waals surface area contributed by atoms with Crippen molar-refractivity contribution in [3.63, 3.8) is 0 Å². The zero-order valence-corrected chi connectivity index (χ0v) is 16.2. The van der Waals surface area contributed by atoms with E-state index < -0.39 is 5.41 Å². The zero-order valence-electron chi connectivity index (χ0n) is 15.4. The lowest BCUT2D eigenvalue weighted by Crippen LogP contribution is -2.36. The van der Waals surface area contributed by atoms with E-state index >= 15 is 0 Å². The van der Waals surface area contributed by atoms with Crippen molar-refractivity contribution in [2.45, 2.75) is 58.9 Å². The van der Waals surface area contributed by atoms with E-state index in [1.165, 1.54) is 11.1 Å². The first kappa shape index (κ1) is 21.3. The van der Waals surface area contributed by atoms with Crippen LogP contribution in [0.5, 0.6) is 0 Å². The molecule has 2 rings (SSSR count). The summed E-state index contributed by atoms with van der Waals surface area (Å²) < 4.78 is 0. The standard InChI is InChI=1S/C19H29N3O2.ClH/c1-19(2,3)18(24)21-11-5-8-17(23)22-16-7-4-6-13-12-14(20)9-10-15(13)16;/h9-10,12,16H,4-8,11,20H2,1-3H3,(H,21,24)(H,22,23);1H. The molecule has 0 heterocycles. The van der Waals surface area contributed by atoms with Crippen molar-refractivity contribution in [2.75, 3.05) is 12.3 Å². The number of halogens is 1. The molecule has 140 valence electrons. The Morgan fingerprint density at radius 2 is 2.00 bits per heavy atom. The predicted octanol–water partition coefficient (Wildman–Crippen LogP) is 3.13. The molecule has 0 aromatic heterocycles. The van der Waals surface area contributed by atoms with Crippen LogP contribution in [0, 0.1) is 5.41 Å². The Labute approximate surface area is 156 Å².